The number of carbonyl (C=O) groups is 1. The maximum absolute atomic E-state index is 14.4. The van der Waals surface area contributed by atoms with Gasteiger partial charge >= 0.3 is 5.97 Å². The van der Waals surface area contributed by atoms with Gasteiger partial charge in [0.15, 0.2) is 0 Å². The van der Waals surface area contributed by atoms with Crippen LogP contribution in [-0.2, 0) is 16.1 Å². The van der Waals surface area contributed by atoms with E-state index >= 15 is 0 Å². The summed E-state index contributed by atoms with van der Waals surface area (Å²) in [5.41, 5.74) is -0.908. The number of anilines is 1. The van der Waals surface area contributed by atoms with Crippen molar-refractivity contribution in [3.05, 3.63) is 33.9 Å². The van der Waals surface area contributed by atoms with Gasteiger partial charge in [0.2, 0.25) is 5.67 Å². The van der Waals surface area contributed by atoms with Crippen molar-refractivity contribution >= 4 is 17.3 Å². The third-order valence-electron chi connectivity index (χ3n) is 3.78. The maximum atomic E-state index is 14.4. The van der Waals surface area contributed by atoms with E-state index in [1.807, 2.05) is 0 Å². The van der Waals surface area contributed by atoms with Crippen LogP contribution in [0.4, 0.5) is 15.8 Å². The smallest absolute Gasteiger partial charge is 0.345 e. The minimum absolute atomic E-state index is 0.0290. The van der Waals surface area contributed by atoms with Crippen LogP contribution in [0.2, 0.25) is 0 Å². The van der Waals surface area contributed by atoms with Crippen molar-refractivity contribution in [1.82, 2.24) is 4.90 Å². The summed E-state index contributed by atoms with van der Waals surface area (Å²) >= 11 is 0. The molecular formula is C14H18FN3O4. The molecule has 1 aliphatic heterocycles. The highest BCUT2D eigenvalue weighted by Crippen LogP contribution is 2.30. The summed E-state index contributed by atoms with van der Waals surface area (Å²) in [6.45, 7) is 0.669. The molecule has 1 aliphatic rings. The number of halogens is 1. The van der Waals surface area contributed by atoms with Gasteiger partial charge < -0.3 is 10.1 Å². The number of benzene rings is 1. The van der Waals surface area contributed by atoms with Crippen LogP contribution in [0.1, 0.15) is 12.0 Å². The van der Waals surface area contributed by atoms with Crippen LogP contribution in [0.5, 0.6) is 0 Å². The molecule has 0 spiro atoms. The summed E-state index contributed by atoms with van der Waals surface area (Å²) in [6.07, 6.45) is 0.0658. The van der Waals surface area contributed by atoms with Crippen LogP contribution in [0.15, 0.2) is 18.2 Å². The second kappa shape index (κ2) is 6.27. The number of nitrogens with zero attached hydrogens (tertiary/aromatic N) is 2. The maximum Gasteiger partial charge on any atom is 0.345 e. The molecule has 1 N–H and O–H groups in total. The second-order valence-electron chi connectivity index (χ2n) is 5.28. The molecule has 1 aromatic carbocycles. The third kappa shape index (κ3) is 3.16. The lowest BCUT2D eigenvalue weighted by Gasteiger charge is -2.18. The summed E-state index contributed by atoms with van der Waals surface area (Å²) in [6, 6.07) is 4.82. The molecule has 0 aromatic heterocycles. The van der Waals surface area contributed by atoms with E-state index in [1.54, 1.807) is 24.1 Å². The number of nitrogens with one attached hydrogen (secondary N) is 1. The van der Waals surface area contributed by atoms with E-state index in [0.29, 0.717) is 24.3 Å². The molecular weight excluding hydrogens is 293 g/mol. The molecule has 1 saturated heterocycles. The lowest BCUT2D eigenvalue weighted by Crippen LogP contribution is -2.38. The van der Waals surface area contributed by atoms with Gasteiger partial charge in [0, 0.05) is 39.2 Å². The Kier molecular flexibility index (Phi) is 4.60. The van der Waals surface area contributed by atoms with E-state index in [1.165, 1.54) is 6.07 Å². The number of ether oxygens (including phenoxy) is 1. The number of methoxy groups -OCH3 is 1. The zero-order chi connectivity index (χ0) is 16.3. The van der Waals surface area contributed by atoms with Gasteiger partial charge in [0.1, 0.15) is 5.69 Å². The first-order chi connectivity index (χ1) is 10.4. The van der Waals surface area contributed by atoms with Crippen molar-refractivity contribution in [3.8, 4) is 0 Å². The van der Waals surface area contributed by atoms with Crippen LogP contribution in [0, 0.1) is 10.1 Å². The van der Waals surface area contributed by atoms with Crippen molar-refractivity contribution in [2.75, 3.05) is 32.6 Å². The van der Waals surface area contributed by atoms with Gasteiger partial charge in [-0.1, -0.05) is 6.07 Å². The van der Waals surface area contributed by atoms with E-state index in [4.69, 9.17) is 0 Å². The van der Waals surface area contributed by atoms with Crippen LogP contribution in [0.25, 0.3) is 0 Å². The zero-order valence-electron chi connectivity index (χ0n) is 12.5. The van der Waals surface area contributed by atoms with Crippen LogP contribution >= 0.6 is 0 Å². The van der Waals surface area contributed by atoms with Gasteiger partial charge in [-0.05, 0) is 11.6 Å². The van der Waals surface area contributed by atoms with Gasteiger partial charge in [0.25, 0.3) is 5.69 Å². The van der Waals surface area contributed by atoms with E-state index in [-0.39, 0.29) is 18.7 Å². The molecule has 120 valence electrons. The average Bonchev–Trinajstić information content (AvgIpc) is 2.88. The van der Waals surface area contributed by atoms with E-state index in [0.717, 1.165) is 7.11 Å². The van der Waals surface area contributed by atoms with Crippen molar-refractivity contribution in [1.29, 1.82) is 0 Å². The first kappa shape index (κ1) is 16.2. The highest BCUT2D eigenvalue weighted by atomic mass is 19.1. The second-order valence-corrected chi connectivity index (χ2v) is 5.28. The van der Waals surface area contributed by atoms with Crippen molar-refractivity contribution < 1.29 is 18.8 Å². The molecule has 0 radical (unpaired) electrons. The Hall–Kier alpha value is -2.22. The average molecular weight is 311 g/mol. The molecule has 0 saturated carbocycles. The monoisotopic (exact) mass is 311 g/mol. The van der Waals surface area contributed by atoms with Crippen LogP contribution < -0.4 is 5.32 Å². The van der Waals surface area contributed by atoms with E-state index in [2.05, 4.69) is 10.1 Å². The number of nitro benzene ring substituents is 1. The lowest BCUT2D eigenvalue weighted by atomic mass is 10.1. The molecule has 0 amide bonds. The molecule has 1 heterocycles. The third-order valence-corrected chi connectivity index (χ3v) is 3.78. The largest absolute Gasteiger partial charge is 0.467 e. The Morgan fingerprint density at radius 2 is 2.32 bits per heavy atom. The number of hydrogen-bond donors (Lipinski definition) is 1. The summed E-state index contributed by atoms with van der Waals surface area (Å²) < 4.78 is 18.8. The molecule has 2 rings (SSSR count). The molecule has 1 atom stereocenters. The van der Waals surface area contributed by atoms with Gasteiger partial charge in [-0.15, -0.1) is 0 Å². The quantitative estimate of drug-likeness (QED) is 0.506. The first-order valence-electron chi connectivity index (χ1n) is 6.84. The topological polar surface area (TPSA) is 84.7 Å². The van der Waals surface area contributed by atoms with Crippen molar-refractivity contribution in [2.45, 2.75) is 18.6 Å². The fourth-order valence-electron chi connectivity index (χ4n) is 2.63. The Labute approximate surface area is 127 Å². The summed E-state index contributed by atoms with van der Waals surface area (Å²) in [7, 11) is 2.77. The molecule has 1 aromatic rings. The Bertz CT molecular complexity index is 595. The number of hydrogen-bond acceptors (Lipinski definition) is 6. The predicted molar refractivity (Wildman–Crippen MR) is 78.4 cm³/mol. The van der Waals surface area contributed by atoms with Gasteiger partial charge in [-0.2, -0.15) is 0 Å². The molecule has 1 fully saturated rings. The summed E-state index contributed by atoms with van der Waals surface area (Å²) in [5.74, 6) is -0.869. The normalized spacial score (nSPS) is 21.6. The summed E-state index contributed by atoms with van der Waals surface area (Å²) in [4.78, 5) is 23.8. The minimum atomic E-state index is -1.99. The highest BCUT2D eigenvalue weighted by Gasteiger charge is 2.46. The Morgan fingerprint density at radius 1 is 1.59 bits per heavy atom. The molecule has 22 heavy (non-hydrogen) atoms. The number of rotatable bonds is 5. The number of nitro groups is 1. The van der Waals surface area contributed by atoms with Crippen LogP contribution in [0.3, 0.4) is 0 Å². The molecule has 0 unspecified atom stereocenters. The predicted octanol–water partition coefficient (Wildman–Crippen LogP) is 1.72. The number of carbonyl (C=O) groups excluding carboxylic acids is 1. The lowest BCUT2D eigenvalue weighted by molar-refractivity contribution is -0.384. The highest BCUT2D eigenvalue weighted by molar-refractivity contribution is 5.80. The number of likely N-dealkylation sites (tertiary alicyclic amines) is 1. The SMILES string of the molecule is CNc1ccc(CN2CC[C@](F)(C(=O)OC)C2)cc1[N+](=O)[O-]. The number of alkyl halides is 1. The molecule has 0 aliphatic carbocycles. The van der Waals surface area contributed by atoms with Crippen molar-refractivity contribution in [3.63, 3.8) is 0 Å². The fraction of sp³-hybridized carbons (Fsp3) is 0.500. The molecule has 7 nitrogen and oxygen atoms in total. The van der Waals surface area contributed by atoms with Crippen LogP contribution in [-0.4, -0.2) is 48.7 Å². The first-order valence-corrected chi connectivity index (χ1v) is 6.84. The molecule has 8 heteroatoms. The molecule has 0 bridgehead atoms. The Morgan fingerprint density at radius 3 is 2.91 bits per heavy atom. The minimum Gasteiger partial charge on any atom is -0.467 e. The Balaban J connectivity index is 2.11. The standard InChI is InChI=1S/C14H18FN3O4/c1-16-11-4-3-10(7-12(11)18(20)21)8-17-6-5-14(15,9-17)13(19)22-2/h3-4,7,16H,5-6,8-9H2,1-2H3/t14-/m1/s1. The zero-order valence-corrected chi connectivity index (χ0v) is 12.5. The van der Waals surface area contributed by atoms with E-state index in [9.17, 15) is 19.3 Å². The fourth-order valence-corrected chi connectivity index (χ4v) is 2.63. The van der Waals surface area contributed by atoms with E-state index < -0.39 is 16.6 Å². The van der Waals surface area contributed by atoms with Crippen molar-refractivity contribution in [2.24, 2.45) is 0 Å². The van der Waals surface area contributed by atoms with Gasteiger partial charge in [-0.25, -0.2) is 9.18 Å². The van der Waals surface area contributed by atoms with Gasteiger partial charge in [-0.3, -0.25) is 15.0 Å². The summed E-state index contributed by atoms with van der Waals surface area (Å²) in [5, 5.41) is 13.8. The van der Waals surface area contributed by atoms with Gasteiger partial charge in [0.05, 0.1) is 12.0 Å². The number of esters is 1.